The first kappa shape index (κ1) is 24.9. The number of fused-ring (bicyclic) bond motifs is 1. The molecule has 6 nitrogen and oxygen atoms in total. The highest BCUT2D eigenvalue weighted by molar-refractivity contribution is 5.83. The monoisotopic (exact) mass is 484 g/mol. The lowest BCUT2D eigenvalue weighted by atomic mass is 9.74. The molecule has 1 aliphatic rings. The van der Waals surface area contributed by atoms with Gasteiger partial charge in [0.15, 0.2) is 0 Å². The largest absolute Gasteiger partial charge is 0.497 e. The average Bonchev–Trinajstić information content (AvgIpc) is 2.86. The molecular formula is C27H30F2N2O4. The van der Waals surface area contributed by atoms with E-state index in [1.165, 1.54) is 18.3 Å². The molecule has 4 rings (SSSR count). The number of carbonyl (C=O) groups is 1. The van der Waals surface area contributed by atoms with Gasteiger partial charge in [-0.05, 0) is 81.1 Å². The molecule has 0 atom stereocenters. The zero-order chi connectivity index (χ0) is 24.8. The Hall–Kier alpha value is -3.26. The highest BCUT2D eigenvalue weighted by atomic mass is 19.1. The Balaban J connectivity index is 1.33. The SMILES string of the molecule is COc1ccc2ncc(F)c(CCCC3(C(=O)O)CCN(CCOc4cccc(F)c4)CC3)c2c1. The first-order valence-electron chi connectivity index (χ1n) is 11.9. The molecule has 8 heteroatoms. The van der Waals surface area contributed by atoms with Crippen molar-refractivity contribution in [1.82, 2.24) is 9.88 Å². The summed E-state index contributed by atoms with van der Waals surface area (Å²) in [6.07, 6.45) is 3.73. The Morgan fingerprint density at radius 1 is 1.14 bits per heavy atom. The van der Waals surface area contributed by atoms with Crippen LogP contribution in [0.5, 0.6) is 11.5 Å². The summed E-state index contributed by atoms with van der Waals surface area (Å²) in [6, 6.07) is 11.4. The number of nitrogens with zero attached hydrogens (tertiary/aromatic N) is 2. The Kier molecular flexibility index (Phi) is 7.80. The smallest absolute Gasteiger partial charge is 0.309 e. The van der Waals surface area contributed by atoms with Crippen LogP contribution in [0.25, 0.3) is 10.9 Å². The van der Waals surface area contributed by atoms with Crippen molar-refractivity contribution in [2.24, 2.45) is 5.41 Å². The van der Waals surface area contributed by atoms with E-state index >= 15 is 0 Å². The number of hydrogen-bond donors (Lipinski definition) is 1. The summed E-state index contributed by atoms with van der Waals surface area (Å²) < 4.78 is 38.8. The van der Waals surface area contributed by atoms with Crippen LogP contribution in [0.1, 0.15) is 31.2 Å². The maximum Gasteiger partial charge on any atom is 0.309 e. The van der Waals surface area contributed by atoms with Gasteiger partial charge in [0, 0.05) is 18.0 Å². The number of aliphatic carboxylic acids is 1. The number of carboxylic acid groups (broad SMARTS) is 1. The summed E-state index contributed by atoms with van der Waals surface area (Å²) in [5.74, 6) is -0.416. The normalized spacial score (nSPS) is 15.7. The molecule has 1 fully saturated rings. The van der Waals surface area contributed by atoms with Crippen molar-refractivity contribution in [3.8, 4) is 11.5 Å². The van der Waals surface area contributed by atoms with Gasteiger partial charge < -0.3 is 14.6 Å². The minimum Gasteiger partial charge on any atom is -0.497 e. The Bertz CT molecular complexity index is 1180. The van der Waals surface area contributed by atoms with Crippen LogP contribution in [0.4, 0.5) is 8.78 Å². The molecule has 0 spiro atoms. The van der Waals surface area contributed by atoms with Crippen molar-refractivity contribution < 1.29 is 28.2 Å². The number of ether oxygens (including phenoxy) is 2. The van der Waals surface area contributed by atoms with Gasteiger partial charge in [0.2, 0.25) is 0 Å². The molecule has 186 valence electrons. The number of methoxy groups -OCH3 is 1. The quantitative estimate of drug-likeness (QED) is 0.432. The maximum absolute atomic E-state index is 14.6. The highest BCUT2D eigenvalue weighted by Crippen LogP contribution is 2.37. The van der Waals surface area contributed by atoms with E-state index < -0.39 is 11.4 Å². The van der Waals surface area contributed by atoms with Crippen molar-refractivity contribution in [1.29, 1.82) is 0 Å². The van der Waals surface area contributed by atoms with E-state index in [1.807, 2.05) is 0 Å². The number of pyridine rings is 1. The van der Waals surface area contributed by atoms with Crippen molar-refractivity contribution in [2.45, 2.75) is 32.1 Å². The second kappa shape index (κ2) is 11.0. The molecule has 2 heterocycles. The molecule has 2 aromatic carbocycles. The molecule has 0 aliphatic carbocycles. The molecule has 1 aliphatic heterocycles. The fraction of sp³-hybridized carbons (Fsp3) is 0.407. The number of halogens is 2. The van der Waals surface area contributed by atoms with Crippen LogP contribution in [0, 0.1) is 17.0 Å². The zero-order valence-corrected chi connectivity index (χ0v) is 19.8. The minimum absolute atomic E-state index is 0.342. The molecule has 0 amide bonds. The number of piperidine rings is 1. The van der Waals surface area contributed by atoms with Crippen LogP contribution in [0.3, 0.4) is 0 Å². The van der Waals surface area contributed by atoms with Crippen LogP contribution >= 0.6 is 0 Å². The third kappa shape index (κ3) is 5.88. The molecule has 1 aromatic heterocycles. The third-order valence-electron chi connectivity index (χ3n) is 6.96. The Labute approximate surface area is 203 Å². The molecule has 0 unspecified atom stereocenters. The van der Waals surface area contributed by atoms with Gasteiger partial charge in [0.05, 0.1) is 24.2 Å². The Morgan fingerprint density at radius 3 is 2.66 bits per heavy atom. The van der Waals surface area contributed by atoms with Crippen molar-refractivity contribution in [3.63, 3.8) is 0 Å². The van der Waals surface area contributed by atoms with Crippen molar-refractivity contribution in [3.05, 3.63) is 65.9 Å². The first-order chi connectivity index (χ1) is 16.9. The predicted octanol–water partition coefficient (Wildman–Crippen LogP) is 5.09. The minimum atomic E-state index is -0.823. The lowest BCUT2D eigenvalue weighted by molar-refractivity contribution is -0.152. The second-order valence-electron chi connectivity index (χ2n) is 9.05. The van der Waals surface area contributed by atoms with Crippen LogP contribution < -0.4 is 9.47 Å². The van der Waals surface area contributed by atoms with Crippen molar-refractivity contribution in [2.75, 3.05) is 33.4 Å². The molecule has 0 bridgehead atoms. The molecule has 1 N–H and O–H groups in total. The standard InChI is InChI=1S/C27H30F2N2O4/c1-34-20-7-8-25-23(17-20)22(24(29)18-30-25)6-3-9-27(26(32)33)10-12-31(13-11-27)14-15-35-21-5-2-4-19(28)16-21/h2,4-5,7-8,16-18H,3,6,9-15H2,1H3,(H,32,33). The summed E-state index contributed by atoms with van der Waals surface area (Å²) in [5.41, 5.74) is 0.405. The predicted molar refractivity (Wildman–Crippen MR) is 129 cm³/mol. The van der Waals surface area contributed by atoms with E-state index in [0.717, 1.165) is 0 Å². The average molecular weight is 485 g/mol. The fourth-order valence-corrected chi connectivity index (χ4v) is 4.81. The Morgan fingerprint density at radius 2 is 1.94 bits per heavy atom. The zero-order valence-electron chi connectivity index (χ0n) is 19.8. The van der Waals surface area contributed by atoms with E-state index in [2.05, 4.69) is 9.88 Å². The number of carboxylic acids is 1. The van der Waals surface area contributed by atoms with Crippen LogP contribution in [-0.2, 0) is 11.2 Å². The van der Waals surface area contributed by atoms with E-state index in [4.69, 9.17) is 9.47 Å². The third-order valence-corrected chi connectivity index (χ3v) is 6.96. The van der Waals surface area contributed by atoms with E-state index in [-0.39, 0.29) is 11.6 Å². The van der Waals surface area contributed by atoms with Gasteiger partial charge in [0.25, 0.3) is 0 Å². The van der Waals surface area contributed by atoms with E-state index in [0.29, 0.717) is 86.3 Å². The molecule has 3 aromatic rings. The highest BCUT2D eigenvalue weighted by Gasteiger charge is 2.40. The summed E-state index contributed by atoms with van der Waals surface area (Å²) in [4.78, 5) is 18.6. The number of aryl methyl sites for hydroxylation is 1. The molecule has 0 saturated carbocycles. The summed E-state index contributed by atoms with van der Waals surface area (Å²) >= 11 is 0. The summed E-state index contributed by atoms with van der Waals surface area (Å²) in [6.45, 7) is 2.33. The number of aromatic nitrogens is 1. The topological polar surface area (TPSA) is 71.9 Å². The number of benzene rings is 2. The molecule has 0 radical (unpaired) electrons. The van der Waals surface area contributed by atoms with Gasteiger partial charge in [-0.3, -0.25) is 14.7 Å². The van der Waals surface area contributed by atoms with E-state index in [1.54, 1.807) is 37.4 Å². The van der Waals surface area contributed by atoms with Gasteiger partial charge in [0.1, 0.15) is 29.7 Å². The lowest BCUT2D eigenvalue weighted by Crippen LogP contribution is -2.45. The van der Waals surface area contributed by atoms with Gasteiger partial charge in [-0.15, -0.1) is 0 Å². The van der Waals surface area contributed by atoms with Gasteiger partial charge in [-0.25, -0.2) is 8.78 Å². The van der Waals surface area contributed by atoms with Crippen LogP contribution in [0.15, 0.2) is 48.7 Å². The number of rotatable bonds is 10. The maximum atomic E-state index is 14.6. The number of hydrogen-bond acceptors (Lipinski definition) is 5. The van der Waals surface area contributed by atoms with Crippen LogP contribution in [-0.4, -0.2) is 54.3 Å². The van der Waals surface area contributed by atoms with Gasteiger partial charge in [-0.1, -0.05) is 6.07 Å². The molecule has 35 heavy (non-hydrogen) atoms. The van der Waals surface area contributed by atoms with E-state index in [9.17, 15) is 18.7 Å². The summed E-state index contributed by atoms with van der Waals surface area (Å²) in [5, 5.41) is 10.7. The van der Waals surface area contributed by atoms with Crippen molar-refractivity contribution >= 4 is 16.9 Å². The lowest BCUT2D eigenvalue weighted by Gasteiger charge is -2.39. The summed E-state index contributed by atoms with van der Waals surface area (Å²) in [7, 11) is 1.56. The molecular weight excluding hydrogens is 454 g/mol. The second-order valence-corrected chi connectivity index (χ2v) is 9.05. The first-order valence-corrected chi connectivity index (χ1v) is 11.9. The van der Waals surface area contributed by atoms with Gasteiger partial charge in [-0.2, -0.15) is 0 Å². The fourth-order valence-electron chi connectivity index (χ4n) is 4.81. The molecule has 1 saturated heterocycles. The van der Waals surface area contributed by atoms with Crippen LogP contribution in [0.2, 0.25) is 0 Å². The van der Waals surface area contributed by atoms with Gasteiger partial charge >= 0.3 is 5.97 Å². The number of likely N-dealkylation sites (tertiary alicyclic amines) is 1.